The number of aliphatic hydroxyl groups is 1. The number of aliphatic hydroxyl groups excluding tert-OH is 1. The summed E-state index contributed by atoms with van der Waals surface area (Å²) in [5.41, 5.74) is -0.949. The van der Waals surface area contributed by atoms with Crippen molar-refractivity contribution in [3.63, 3.8) is 0 Å². The zero-order valence-electron chi connectivity index (χ0n) is 19.3. The number of hydrogen-bond donors (Lipinski definition) is 1. The van der Waals surface area contributed by atoms with Gasteiger partial charge in [0.2, 0.25) is 0 Å². The number of esters is 3. The van der Waals surface area contributed by atoms with Crippen molar-refractivity contribution in [2.24, 2.45) is 22.7 Å². The molecule has 8 heteroatoms. The summed E-state index contributed by atoms with van der Waals surface area (Å²) in [7, 11) is 0. The Kier molecular flexibility index (Phi) is 5.91. The topological polar surface area (TPSA) is 112 Å². The third-order valence-corrected chi connectivity index (χ3v) is 8.67. The van der Waals surface area contributed by atoms with Crippen molar-refractivity contribution < 1.29 is 38.4 Å². The molecule has 32 heavy (non-hydrogen) atoms. The number of cyclic esters (lactones) is 1. The molecule has 4 aliphatic rings. The summed E-state index contributed by atoms with van der Waals surface area (Å²) < 4.78 is 22.6. The van der Waals surface area contributed by atoms with Crippen LogP contribution in [0.4, 0.5) is 0 Å². The first-order valence-corrected chi connectivity index (χ1v) is 11.5. The van der Waals surface area contributed by atoms with Crippen molar-refractivity contribution in [2.45, 2.75) is 77.6 Å². The van der Waals surface area contributed by atoms with Crippen LogP contribution < -0.4 is 0 Å². The maximum atomic E-state index is 12.1. The van der Waals surface area contributed by atoms with E-state index >= 15 is 0 Å². The lowest BCUT2D eigenvalue weighted by Crippen LogP contribution is -2.67. The largest absolute Gasteiger partial charge is 0.465 e. The van der Waals surface area contributed by atoms with E-state index in [9.17, 15) is 19.5 Å². The highest BCUT2D eigenvalue weighted by Crippen LogP contribution is 2.69. The molecule has 0 bridgehead atoms. The maximum absolute atomic E-state index is 12.1. The minimum atomic E-state index is -0.816. The van der Waals surface area contributed by atoms with Gasteiger partial charge in [-0.05, 0) is 42.9 Å². The minimum Gasteiger partial charge on any atom is -0.465 e. The van der Waals surface area contributed by atoms with Gasteiger partial charge in [0, 0.05) is 25.5 Å². The van der Waals surface area contributed by atoms with Gasteiger partial charge in [0.25, 0.3) is 0 Å². The van der Waals surface area contributed by atoms with E-state index in [1.54, 1.807) is 0 Å². The average Bonchev–Trinajstić information content (AvgIpc) is 3.35. The number of rotatable bonds is 6. The molecule has 0 aromatic heterocycles. The van der Waals surface area contributed by atoms with Gasteiger partial charge in [-0.15, -0.1) is 0 Å². The first-order chi connectivity index (χ1) is 15.0. The summed E-state index contributed by atoms with van der Waals surface area (Å²) in [6.45, 7) is 7.85. The molecule has 0 radical (unpaired) electrons. The van der Waals surface area contributed by atoms with Crippen molar-refractivity contribution in [3.05, 3.63) is 11.6 Å². The van der Waals surface area contributed by atoms with Gasteiger partial charge in [0.05, 0.1) is 18.1 Å². The third kappa shape index (κ3) is 3.65. The van der Waals surface area contributed by atoms with E-state index in [1.165, 1.54) is 19.9 Å². The Bertz CT molecular complexity index is 830. The lowest BCUT2D eigenvalue weighted by atomic mass is 9.42. The molecule has 2 aliphatic heterocycles. The molecule has 2 heterocycles. The number of ether oxygens (including phenoxy) is 4. The molecule has 0 amide bonds. The van der Waals surface area contributed by atoms with Gasteiger partial charge >= 0.3 is 17.9 Å². The molecule has 7 atom stereocenters. The van der Waals surface area contributed by atoms with Gasteiger partial charge in [-0.1, -0.05) is 20.3 Å². The molecule has 4 rings (SSSR count). The zero-order valence-corrected chi connectivity index (χ0v) is 19.3. The quantitative estimate of drug-likeness (QED) is 0.373. The molecule has 0 aromatic carbocycles. The smallest absolute Gasteiger partial charge is 0.331 e. The highest BCUT2D eigenvalue weighted by atomic mass is 16.6. The fourth-order valence-corrected chi connectivity index (χ4v) is 6.85. The van der Waals surface area contributed by atoms with Crippen LogP contribution in [0, 0.1) is 22.7 Å². The van der Waals surface area contributed by atoms with Crippen LogP contribution in [0.2, 0.25) is 0 Å². The predicted molar refractivity (Wildman–Crippen MR) is 112 cm³/mol. The van der Waals surface area contributed by atoms with E-state index in [1.807, 2.05) is 0 Å². The van der Waals surface area contributed by atoms with Crippen LogP contribution in [0.5, 0.6) is 0 Å². The molecule has 3 fully saturated rings. The van der Waals surface area contributed by atoms with Gasteiger partial charge in [-0.2, -0.15) is 0 Å². The molecule has 1 spiro atoms. The summed E-state index contributed by atoms with van der Waals surface area (Å²) in [5, 5.41) is 11.0. The molecule has 1 N–H and O–H groups in total. The number of epoxide rings is 1. The Hall–Kier alpha value is -1.93. The molecule has 1 saturated heterocycles. The fourth-order valence-electron chi connectivity index (χ4n) is 6.85. The fraction of sp³-hybridized carbons (Fsp3) is 0.792. The first kappa shape index (κ1) is 23.2. The van der Waals surface area contributed by atoms with Crippen molar-refractivity contribution in [1.82, 2.24) is 0 Å². The molecular weight excluding hydrogens is 416 g/mol. The van der Waals surface area contributed by atoms with Gasteiger partial charge in [0.1, 0.15) is 24.9 Å². The molecule has 2 saturated carbocycles. The van der Waals surface area contributed by atoms with Crippen LogP contribution >= 0.6 is 0 Å². The standard InChI is InChI=1S/C24H34O8/c1-14-8-20(32-16(3)26)24(13-30-15(2)25)19(6-5-7-23(24)12-31-23)22(14,4)10-18(27)17-9-21(28)29-11-17/h9,14,18-20,27H,5-8,10-13H2,1-4H3/t14-,18+,19?,20+,22+,23+,24+/m1/s1. The van der Waals surface area contributed by atoms with Crippen molar-refractivity contribution in [1.29, 1.82) is 0 Å². The Labute approximate surface area is 188 Å². The van der Waals surface area contributed by atoms with E-state index in [2.05, 4.69) is 13.8 Å². The van der Waals surface area contributed by atoms with Crippen LogP contribution in [0.3, 0.4) is 0 Å². The van der Waals surface area contributed by atoms with Crippen LogP contribution in [0.1, 0.15) is 59.8 Å². The lowest BCUT2D eigenvalue weighted by molar-refractivity contribution is -0.231. The first-order valence-electron chi connectivity index (χ1n) is 11.5. The number of fused-ring (bicyclic) bond motifs is 2. The van der Waals surface area contributed by atoms with Gasteiger partial charge < -0.3 is 24.1 Å². The van der Waals surface area contributed by atoms with Crippen molar-refractivity contribution in [2.75, 3.05) is 19.8 Å². The number of hydrogen-bond acceptors (Lipinski definition) is 8. The molecular formula is C24H34O8. The third-order valence-electron chi connectivity index (χ3n) is 8.67. The SMILES string of the molecule is CC(=O)OC[C@@]12C(CCC[C@]13CO3)[C@@](C)(C[C@H](O)C1=CC(=O)OC1)[C@H](C)C[C@@H]2OC(C)=O. The van der Waals surface area contributed by atoms with Crippen LogP contribution in [-0.4, -0.2) is 60.6 Å². The normalized spacial score (nSPS) is 41.3. The second kappa shape index (κ2) is 8.13. The summed E-state index contributed by atoms with van der Waals surface area (Å²) in [5.74, 6) is -1.06. The Morgan fingerprint density at radius 3 is 2.59 bits per heavy atom. The number of carbonyl (C=O) groups is 3. The summed E-state index contributed by atoms with van der Waals surface area (Å²) in [4.78, 5) is 35.5. The lowest BCUT2D eigenvalue weighted by Gasteiger charge is -2.63. The molecule has 0 aromatic rings. The second-order valence-corrected chi connectivity index (χ2v) is 10.3. The average molecular weight is 451 g/mol. The highest BCUT2D eigenvalue weighted by Gasteiger charge is 2.75. The van der Waals surface area contributed by atoms with Crippen LogP contribution in [0.15, 0.2) is 11.6 Å². The van der Waals surface area contributed by atoms with Gasteiger partial charge in [-0.3, -0.25) is 9.59 Å². The molecule has 1 unspecified atom stereocenters. The zero-order chi connectivity index (χ0) is 23.3. The van der Waals surface area contributed by atoms with E-state index in [0.717, 1.165) is 19.3 Å². The van der Waals surface area contributed by atoms with E-state index in [4.69, 9.17) is 18.9 Å². The Morgan fingerprint density at radius 1 is 1.31 bits per heavy atom. The summed E-state index contributed by atoms with van der Waals surface area (Å²) in [6.07, 6.45) is 3.76. The Morgan fingerprint density at radius 2 is 2.03 bits per heavy atom. The molecule has 2 aliphatic carbocycles. The molecule has 8 nitrogen and oxygen atoms in total. The van der Waals surface area contributed by atoms with E-state index in [0.29, 0.717) is 25.0 Å². The predicted octanol–water partition coefficient (Wildman–Crippen LogP) is 2.32. The van der Waals surface area contributed by atoms with Crippen LogP contribution in [0.25, 0.3) is 0 Å². The minimum absolute atomic E-state index is 0.00743. The van der Waals surface area contributed by atoms with E-state index in [-0.39, 0.29) is 42.4 Å². The molecule has 178 valence electrons. The Balaban J connectivity index is 1.74. The van der Waals surface area contributed by atoms with Crippen molar-refractivity contribution in [3.8, 4) is 0 Å². The van der Waals surface area contributed by atoms with E-state index < -0.39 is 29.2 Å². The van der Waals surface area contributed by atoms with Crippen molar-refractivity contribution >= 4 is 17.9 Å². The van der Waals surface area contributed by atoms with Gasteiger partial charge in [0.15, 0.2) is 0 Å². The summed E-state index contributed by atoms with van der Waals surface area (Å²) in [6, 6.07) is 0. The maximum Gasteiger partial charge on any atom is 0.331 e. The number of carbonyl (C=O) groups excluding carboxylic acids is 3. The van der Waals surface area contributed by atoms with Gasteiger partial charge in [-0.25, -0.2) is 4.79 Å². The monoisotopic (exact) mass is 450 g/mol. The highest BCUT2D eigenvalue weighted by molar-refractivity contribution is 5.85. The second-order valence-electron chi connectivity index (χ2n) is 10.3. The summed E-state index contributed by atoms with van der Waals surface area (Å²) >= 11 is 0. The van der Waals surface area contributed by atoms with Crippen LogP contribution in [-0.2, 0) is 33.3 Å².